The second kappa shape index (κ2) is 5.63. The number of hydrogen-bond donors (Lipinski definition) is 1. The van der Waals surface area contributed by atoms with Gasteiger partial charge in [0.2, 0.25) is 0 Å². The molecule has 1 unspecified atom stereocenters. The van der Waals surface area contributed by atoms with Gasteiger partial charge in [-0.05, 0) is 25.5 Å². The quantitative estimate of drug-likeness (QED) is 0.880. The van der Waals surface area contributed by atoms with Crippen molar-refractivity contribution in [3.05, 3.63) is 53.3 Å². The molecule has 1 N–H and O–H groups in total. The van der Waals surface area contributed by atoms with Crippen molar-refractivity contribution < 1.29 is 9.59 Å². The number of aryl methyl sites for hydroxylation is 1. The number of rotatable bonds is 4. The Hall–Kier alpha value is -2.63. The molecule has 3 rings (SSSR count). The molecule has 0 radical (unpaired) electrons. The number of carbonyl (C=O) groups excluding carboxylic acids is 2. The van der Waals surface area contributed by atoms with Gasteiger partial charge in [0.15, 0.2) is 0 Å². The molecular formula is C16H18N4O2. The number of hydrogen-bond acceptors (Lipinski definition) is 3. The third-order valence-electron chi connectivity index (χ3n) is 3.91. The maximum Gasteiger partial charge on any atom is 0.328 e. The fraction of sp³-hybridized carbons (Fsp3) is 0.312. The summed E-state index contributed by atoms with van der Waals surface area (Å²) in [4.78, 5) is 27.6. The van der Waals surface area contributed by atoms with Crippen LogP contribution in [0.5, 0.6) is 0 Å². The van der Waals surface area contributed by atoms with Gasteiger partial charge in [0, 0.05) is 5.69 Å². The average molecular weight is 298 g/mol. The molecule has 0 spiro atoms. The molecule has 22 heavy (non-hydrogen) atoms. The van der Waals surface area contributed by atoms with Crippen LogP contribution in [0.25, 0.3) is 0 Å². The number of aromatic amines is 1. The van der Waals surface area contributed by atoms with E-state index in [0.717, 1.165) is 11.3 Å². The van der Waals surface area contributed by atoms with Crippen LogP contribution in [0, 0.1) is 6.92 Å². The molecule has 114 valence electrons. The van der Waals surface area contributed by atoms with E-state index < -0.39 is 0 Å². The van der Waals surface area contributed by atoms with E-state index in [1.54, 1.807) is 4.90 Å². The maximum atomic E-state index is 12.5. The summed E-state index contributed by atoms with van der Waals surface area (Å²) in [7, 11) is 0. The Balaban J connectivity index is 1.76. The molecule has 1 aromatic heterocycles. The highest BCUT2D eigenvalue weighted by Crippen LogP contribution is 2.25. The van der Waals surface area contributed by atoms with Gasteiger partial charge in [-0.15, -0.1) is 0 Å². The van der Waals surface area contributed by atoms with Crippen LogP contribution in [-0.4, -0.2) is 38.5 Å². The molecule has 6 heteroatoms. The van der Waals surface area contributed by atoms with Crippen molar-refractivity contribution in [2.24, 2.45) is 0 Å². The summed E-state index contributed by atoms with van der Waals surface area (Å²) in [6, 6.07) is 11.1. The van der Waals surface area contributed by atoms with Gasteiger partial charge in [0.25, 0.3) is 5.91 Å². The number of nitrogens with zero attached hydrogens (tertiary/aromatic N) is 3. The van der Waals surface area contributed by atoms with E-state index in [-0.39, 0.29) is 31.1 Å². The lowest BCUT2D eigenvalue weighted by Gasteiger charge is -2.23. The molecule has 6 nitrogen and oxygen atoms in total. The lowest BCUT2D eigenvalue weighted by molar-refractivity contribution is -0.125. The highest BCUT2D eigenvalue weighted by molar-refractivity contribution is 6.02. The first-order chi connectivity index (χ1) is 10.6. The fourth-order valence-electron chi connectivity index (χ4n) is 2.65. The van der Waals surface area contributed by atoms with Crippen LogP contribution in [0.15, 0.2) is 36.4 Å². The summed E-state index contributed by atoms with van der Waals surface area (Å²) < 4.78 is 0. The second-order valence-electron chi connectivity index (χ2n) is 5.52. The number of benzene rings is 1. The number of H-pyrrole nitrogens is 1. The SMILES string of the molecule is Cc1cc(CN2C(=O)CN(C(C)c3ccccc3)C2=O)n[nH]1. The molecule has 0 aliphatic carbocycles. The number of carbonyl (C=O) groups is 2. The third kappa shape index (κ3) is 2.59. The van der Waals surface area contributed by atoms with Crippen molar-refractivity contribution in [3.8, 4) is 0 Å². The van der Waals surface area contributed by atoms with Crippen molar-refractivity contribution in [1.82, 2.24) is 20.0 Å². The molecule has 1 aliphatic rings. The van der Waals surface area contributed by atoms with Crippen molar-refractivity contribution in [1.29, 1.82) is 0 Å². The number of nitrogens with one attached hydrogen (secondary N) is 1. The lowest BCUT2D eigenvalue weighted by Crippen LogP contribution is -2.34. The smallest absolute Gasteiger partial charge is 0.308 e. The summed E-state index contributed by atoms with van der Waals surface area (Å²) in [5.74, 6) is -0.187. The van der Waals surface area contributed by atoms with Gasteiger partial charge in [-0.3, -0.25) is 14.8 Å². The van der Waals surface area contributed by atoms with Crippen molar-refractivity contribution in [2.45, 2.75) is 26.4 Å². The molecule has 1 fully saturated rings. The van der Waals surface area contributed by atoms with E-state index in [2.05, 4.69) is 10.2 Å². The van der Waals surface area contributed by atoms with Crippen LogP contribution < -0.4 is 0 Å². The van der Waals surface area contributed by atoms with Crippen molar-refractivity contribution >= 4 is 11.9 Å². The normalized spacial score (nSPS) is 16.5. The summed E-state index contributed by atoms with van der Waals surface area (Å²) >= 11 is 0. The van der Waals surface area contributed by atoms with Gasteiger partial charge in [-0.25, -0.2) is 4.79 Å². The monoisotopic (exact) mass is 298 g/mol. The molecule has 2 aromatic rings. The first-order valence-corrected chi connectivity index (χ1v) is 7.23. The van der Waals surface area contributed by atoms with Crippen LogP contribution in [0.1, 0.15) is 29.9 Å². The third-order valence-corrected chi connectivity index (χ3v) is 3.91. The molecule has 1 aromatic carbocycles. The molecule has 2 heterocycles. The minimum atomic E-state index is -0.262. The second-order valence-corrected chi connectivity index (χ2v) is 5.52. The van der Waals surface area contributed by atoms with Crippen LogP contribution in [-0.2, 0) is 11.3 Å². The Morgan fingerprint density at radius 1 is 1.27 bits per heavy atom. The Morgan fingerprint density at radius 3 is 2.64 bits per heavy atom. The summed E-state index contributed by atoms with van der Waals surface area (Å²) in [5.41, 5.74) is 2.61. The fourth-order valence-corrected chi connectivity index (χ4v) is 2.65. The predicted molar refractivity (Wildman–Crippen MR) is 80.8 cm³/mol. The number of urea groups is 1. The van der Waals surface area contributed by atoms with Gasteiger partial charge in [-0.2, -0.15) is 5.10 Å². The molecule has 1 aliphatic heterocycles. The Kier molecular flexibility index (Phi) is 3.66. The van der Waals surface area contributed by atoms with E-state index in [4.69, 9.17) is 0 Å². The van der Waals surface area contributed by atoms with Crippen LogP contribution >= 0.6 is 0 Å². The van der Waals surface area contributed by atoms with Crippen LogP contribution in [0.2, 0.25) is 0 Å². The Labute approximate surface area is 128 Å². The number of aromatic nitrogens is 2. The summed E-state index contributed by atoms with van der Waals surface area (Å²) in [5, 5.41) is 6.91. The van der Waals surface area contributed by atoms with Gasteiger partial charge >= 0.3 is 6.03 Å². The molecule has 1 atom stereocenters. The standard InChI is InChI=1S/C16H18N4O2/c1-11-8-14(18-17-11)9-20-15(21)10-19(16(20)22)12(2)13-6-4-3-5-7-13/h3-8,12H,9-10H2,1-2H3,(H,17,18). The Morgan fingerprint density at radius 2 is 2.00 bits per heavy atom. The largest absolute Gasteiger partial charge is 0.328 e. The maximum absolute atomic E-state index is 12.5. The highest BCUT2D eigenvalue weighted by Gasteiger charge is 2.39. The predicted octanol–water partition coefficient (Wildman–Crippen LogP) is 2.24. The molecule has 0 bridgehead atoms. The number of amides is 3. The first kappa shape index (κ1) is 14.3. The average Bonchev–Trinajstić information content (AvgIpc) is 3.06. The zero-order chi connectivity index (χ0) is 15.7. The topological polar surface area (TPSA) is 69.3 Å². The highest BCUT2D eigenvalue weighted by atomic mass is 16.2. The zero-order valence-corrected chi connectivity index (χ0v) is 12.6. The van der Waals surface area contributed by atoms with E-state index in [1.807, 2.05) is 50.2 Å². The van der Waals surface area contributed by atoms with Gasteiger partial charge < -0.3 is 4.90 Å². The van der Waals surface area contributed by atoms with Gasteiger partial charge in [-0.1, -0.05) is 30.3 Å². The van der Waals surface area contributed by atoms with Crippen LogP contribution in [0.3, 0.4) is 0 Å². The van der Waals surface area contributed by atoms with E-state index >= 15 is 0 Å². The minimum Gasteiger partial charge on any atom is -0.308 e. The van der Waals surface area contributed by atoms with E-state index in [1.165, 1.54) is 4.90 Å². The van der Waals surface area contributed by atoms with E-state index in [9.17, 15) is 9.59 Å². The van der Waals surface area contributed by atoms with Crippen molar-refractivity contribution in [2.75, 3.05) is 6.54 Å². The van der Waals surface area contributed by atoms with Crippen LogP contribution in [0.4, 0.5) is 4.79 Å². The van der Waals surface area contributed by atoms with Crippen molar-refractivity contribution in [3.63, 3.8) is 0 Å². The van der Waals surface area contributed by atoms with Gasteiger partial charge in [0.05, 0.1) is 18.3 Å². The Bertz CT molecular complexity index is 695. The first-order valence-electron chi connectivity index (χ1n) is 7.23. The molecule has 3 amide bonds. The van der Waals surface area contributed by atoms with E-state index in [0.29, 0.717) is 5.69 Å². The summed E-state index contributed by atoms with van der Waals surface area (Å²) in [6.45, 7) is 4.13. The zero-order valence-electron chi connectivity index (χ0n) is 12.6. The molecular weight excluding hydrogens is 280 g/mol. The summed E-state index contributed by atoms with van der Waals surface area (Å²) in [6.07, 6.45) is 0. The molecule has 0 saturated carbocycles. The minimum absolute atomic E-state index is 0.109. The number of imide groups is 1. The molecule has 1 saturated heterocycles. The lowest BCUT2D eigenvalue weighted by atomic mass is 10.1. The van der Waals surface area contributed by atoms with Gasteiger partial charge in [0.1, 0.15) is 6.54 Å².